The first-order valence-corrected chi connectivity index (χ1v) is 15.6. The number of anilines is 1. The summed E-state index contributed by atoms with van der Waals surface area (Å²) in [5, 5.41) is 3.47. The van der Waals surface area contributed by atoms with Gasteiger partial charge in [-0.25, -0.2) is 8.42 Å². The lowest BCUT2D eigenvalue weighted by atomic mass is 10.0. The van der Waals surface area contributed by atoms with Crippen molar-refractivity contribution in [3.8, 4) is 0 Å². The van der Waals surface area contributed by atoms with Gasteiger partial charge in [0.25, 0.3) is 0 Å². The van der Waals surface area contributed by atoms with Gasteiger partial charge in [-0.3, -0.25) is 13.9 Å². The Labute approximate surface area is 243 Å². The second-order valence-corrected chi connectivity index (χ2v) is 12.4. The van der Waals surface area contributed by atoms with Crippen molar-refractivity contribution in [1.29, 1.82) is 0 Å². The highest BCUT2D eigenvalue weighted by molar-refractivity contribution is 7.92. The van der Waals surface area contributed by atoms with E-state index in [4.69, 9.17) is 11.6 Å². The van der Waals surface area contributed by atoms with Crippen molar-refractivity contribution in [3.05, 3.63) is 100 Å². The molecule has 0 aromatic heterocycles. The minimum Gasteiger partial charge on any atom is -0.352 e. The Bertz CT molecular complexity index is 1430. The van der Waals surface area contributed by atoms with Gasteiger partial charge in [0.15, 0.2) is 0 Å². The third-order valence-corrected chi connectivity index (χ3v) is 8.59. The molecule has 0 radical (unpaired) electrons. The molecule has 0 aliphatic rings. The largest absolute Gasteiger partial charge is 0.352 e. The molecule has 0 aliphatic carbocycles. The first-order valence-electron chi connectivity index (χ1n) is 13.3. The predicted octanol–water partition coefficient (Wildman–Crippen LogP) is 5.28. The van der Waals surface area contributed by atoms with Gasteiger partial charge in [0, 0.05) is 24.0 Å². The quantitative estimate of drug-likeness (QED) is 0.314. The van der Waals surface area contributed by atoms with Crippen LogP contribution in [-0.4, -0.2) is 50.0 Å². The maximum atomic E-state index is 14.2. The first-order chi connectivity index (χ1) is 18.9. The van der Waals surface area contributed by atoms with Gasteiger partial charge in [0.05, 0.1) is 11.9 Å². The number of carbonyl (C=O) groups excluding carboxylic acids is 2. The average molecular weight is 584 g/mol. The summed E-state index contributed by atoms with van der Waals surface area (Å²) in [7, 11) is -3.84. The zero-order chi connectivity index (χ0) is 29.4. The summed E-state index contributed by atoms with van der Waals surface area (Å²) in [6.45, 7) is 7.16. The summed E-state index contributed by atoms with van der Waals surface area (Å²) in [6.07, 6.45) is 2.05. The van der Waals surface area contributed by atoms with Gasteiger partial charge in [0.2, 0.25) is 21.8 Å². The molecular weight excluding hydrogens is 546 g/mol. The Balaban J connectivity index is 2.10. The van der Waals surface area contributed by atoms with Gasteiger partial charge in [0.1, 0.15) is 12.6 Å². The van der Waals surface area contributed by atoms with Crippen molar-refractivity contribution in [3.63, 3.8) is 0 Å². The van der Waals surface area contributed by atoms with E-state index < -0.39 is 28.5 Å². The Hall–Kier alpha value is -3.36. The van der Waals surface area contributed by atoms with Gasteiger partial charge in [-0.1, -0.05) is 79.2 Å². The van der Waals surface area contributed by atoms with Gasteiger partial charge in [-0.2, -0.15) is 0 Å². The lowest BCUT2D eigenvalue weighted by molar-refractivity contribution is -0.140. The maximum absolute atomic E-state index is 14.2. The minimum atomic E-state index is -3.84. The highest BCUT2D eigenvalue weighted by atomic mass is 35.5. The fraction of sp³-hybridized carbons (Fsp3) is 0.355. The molecule has 7 nitrogen and oxygen atoms in total. The summed E-state index contributed by atoms with van der Waals surface area (Å²) in [6, 6.07) is 20.9. The van der Waals surface area contributed by atoms with E-state index in [0.717, 1.165) is 33.7 Å². The molecule has 214 valence electrons. The van der Waals surface area contributed by atoms with Crippen LogP contribution in [0.3, 0.4) is 0 Å². The highest BCUT2D eigenvalue weighted by Gasteiger charge is 2.34. The molecule has 0 saturated carbocycles. The molecule has 0 bridgehead atoms. The molecule has 3 aromatic rings. The molecular formula is C31H38ClN3O4S. The van der Waals surface area contributed by atoms with Gasteiger partial charge in [-0.15, -0.1) is 0 Å². The number of hydrogen-bond acceptors (Lipinski definition) is 4. The first kappa shape index (κ1) is 31.2. The van der Waals surface area contributed by atoms with E-state index in [1.54, 1.807) is 30.3 Å². The summed E-state index contributed by atoms with van der Waals surface area (Å²) in [5.41, 5.74) is 3.62. The van der Waals surface area contributed by atoms with Crippen LogP contribution in [0.15, 0.2) is 72.8 Å². The number of carbonyl (C=O) groups is 2. The van der Waals surface area contributed by atoms with Crippen molar-refractivity contribution in [2.45, 2.75) is 59.2 Å². The monoisotopic (exact) mass is 583 g/mol. The molecule has 0 aliphatic heterocycles. The molecule has 9 heteroatoms. The third kappa shape index (κ3) is 8.08. The molecule has 3 aromatic carbocycles. The number of hydrogen-bond donors (Lipinski definition) is 1. The molecule has 0 unspecified atom stereocenters. The van der Waals surface area contributed by atoms with E-state index in [2.05, 4.69) is 5.32 Å². The molecule has 40 heavy (non-hydrogen) atoms. The molecule has 0 heterocycles. The van der Waals surface area contributed by atoms with Crippen molar-refractivity contribution < 1.29 is 18.0 Å². The fourth-order valence-corrected chi connectivity index (χ4v) is 5.50. The topological polar surface area (TPSA) is 86.8 Å². The van der Waals surface area contributed by atoms with E-state index in [0.29, 0.717) is 16.3 Å². The normalized spacial score (nSPS) is 12.8. The van der Waals surface area contributed by atoms with E-state index in [1.807, 2.05) is 70.2 Å². The zero-order valence-electron chi connectivity index (χ0n) is 23.7. The zero-order valence-corrected chi connectivity index (χ0v) is 25.3. The Morgan fingerprint density at radius 1 is 0.950 bits per heavy atom. The standard InChI is InChI=1S/C31H38ClN3O4S/c1-6-23(3)33-31(37)29(19-25-14-8-7-9-15-25)34(20-26-16-10-11-17-27(26)32)30(36)21-35(40(5,38)39)28-18-12-13-22(2)24(28)4/h7-18,23,29H,6,19-21H2,1-5H3,(H,33,37)/t23-,29-/m0/s1. The van der Waals surface area contributed by atoms with Crippen molar-refractivity contribution >= 4 is 39.1 Å². The van der Waals surface area contributed by atoms with Crippen LogP contribution in [0.1, 0.15) is 42.5 Å². The number of nitrogens with one attached hydrogen (secondary N) is 1. The Kier molecular flexibility index (Phi) is 10.8. The molecule has 2 amide bonds. The summed E-state index contributed by atoms with van der Waals surface area (Å²) in [5.74, 6) is -0.817. The molecule has 0 saturated heterocycles. The van der Waals surface area contributed by atoms with Gasteiger partial charge in [-0.05, 0) is 61.6 Å². The van der Waals surface area contributed by atoms with Crippen LogP contribution in [0, 0.1) is 13.8 Å². The van der Waals surface area contributed by atoms with Crippen molar-refractivity contribution in [1.82, 2.24) is 10.2 Å². The van der Waals surface area contributed by atoms with Crippen molar-refractivity contribution in [2.24, 2.45) is 0 Å². The van der Waals surface area contributed by atoms with E-state index in [-0.39, 0.29) is 24.9 Å². The van der Waals surface area contributed by atoms with Crippen LogP contribution in [0.25, 0.3) is 0 Å². The smallest absolute Gasteiger partial charge is 0.244 e. The molecule has 3 rings (SSSR count). The number of nitrogens with zero attached hydrogens (tertiary/aromatic N) is 2. The summed E-state index contributed by atoms with van der Waals surface area (Å²) in [4.78, 5) is 29.3. The molecule has 0 fully saturated rings. The van der Waals surface area contributed by atoms with E-state index >= 15 is 0 Å². The SMILES string of the molecule is CC[C@H](C)NC(=O)[C@H](Cc1ccccc1)N(Cc1ccccc1Cl)C(=O)CN(c1cccc(C)c1C)S(C)(=O)=O. The minimum absolute atomic E-state index is 0.0360. The summed E-state index contributed by atoms with van der Waals surface area (Å²) < 4.78 is 27.1. The van der Waals surface area contributed by atoms with Crippen LogP contribution < -0.4 is 9.62 Å². The van der Waals surface area contributed by atoms with Crippen LogP contribution >= 0.6 is 11.6 Å². The number of halogens is 1. The summed E-state index contributed by atoms with van der Waals surface area (Å²) >= 11 is 6.49. The molecule has 1 N–H and O–H groups in total. The number of sulfonamides is 1. The van der Waals surface area contributed by atoms with Gasteiger partial charge < -0.3 is 10.2 Å². The second-order valence-electron chi connectivity index (χ2n) is 10.1. The van der Waals surface area contributed by atoms with E-state index in [9.17, 15) is 18.0 Å². The molecule has 2 atom stereocenters. The number of benzene rings is 3. The van der Waals surface area contributed by atoms with Crippen LogP contribution in [-0.2, 0) is 32.6 Å². The van der Waals surface area contributed by atoms with E-state index in [1.165, 1.54) is 4.90 Å². The van der Waals surface area contributed by atoms with Crippen LogP contribution in [0.5, 0.6) is 0 Å². The lowest BCUT2D eigenvalue weighted by Crippen LogP contribution is -2.54. The lowest BCUT2D eigenvalue weighted by Gasteiger charge is -2.34. The Morgan fingerprint density at radius 2 is 1.60 bits per heavy atom. The fourth-order valence-electron chi connectivity index (χ4n) is 4.41. The van der Waals surface area contributed by atoms with Crippen LogP contribution in [0.2, 0.25) is 5.02 Å². The Morgan fingerprint density at radius 3 is 2.23 bits per heavy atom. The predicted molar refractivity (Wildman–Crippen MR) is 162 cm³/mol. The number of aryl methyl sites for hydroxylation is 1. The van der Waals surface area contributed by atoms with Crippen molar-refractivity contribution in [2.75, 3.05) is 17.1 Å². The molecule has 0 spiro atoms. The third-order valence-electron chi connectivity index (χ3n) is 7.09. The average Bonchev–Trinajstić information content (AvgIpc) is 2.91. The van der Waals surface area contributed by atoms with Crippen LogP contribution in [0.4, 0.5) is 5.69 Å². The maximum Gasteiger partial charge on any atom is 0.244 e. The number of amides is 2. The highest BCUT2D eigenvalue weighted by Crippen LogP contribution is 2.26. The van der Waals surface area contributed by atoms with Gasteiger partial charge >= 0.3 is 0 Å². The second kappa shape index (κ2) is 13.8. The number of rotatable bonds is 12.